The molecule has 1 aliphatic heterocycles. The Balaban J connectivity index is 1.31. The molecular formula is C28H32N2O5S. The summed E-state index contributed by atoms with van der Waals surface area (Å²) < 4.78 is 34.8. The largest absolute Gasteiger partial charge is 0.491 e. The zero-order valence-corrected chi connectivity index (χ0v) is 21.7. The second-order valence-electron chi connectivity index (χ2n) is 9.22. The highest BCUT2D eigenvalue weighted by atomic mass is 32.2. The summed E-state index contributed by atoms with van der Waals surface area (Å²) in [6.45, 7) is 6.34. The topological polar surface area (TPSA) is 84.9 Å². The highest BCUT2D eigenvalue weighted by Crippen LogP contribution is 2.35. The molecule has 3 aromatic rings. The monoisotopic (exact) mass is 508 g/mol. The van der Waals surface area contributed by atoms with Crippen molar-refractivity contribution in [2.24, 2.45) is 0 Å². The average molecular weight is 509 g/mol. The van der Waals surface area contributed by atoms with Gasteiger partial charge in [0.15, 0.2) is 9.84 Å². The van der Waals surface area contributed by atoms with Crippen molar-refractivity contribution in [2.75, 3.05) is 36.2 Å². The van der Waals surface area contributed by atoms with E-state index in [0.29, 0.717) is 6.61 Å². The summed E-state index contributed by atoms with van der Waals surface area (Å²) in [5.74, 6) is 1.56. The van der Waals surface area contributed by atoms with Gasteiger partial charge in [-0.05, 0) is 67.8 Å². The van der Waals surface area contributed by atoms with Gasteiger partial charge >= 0.3 is 0 Å². The molecule has 0 spiro atoms. The Kier molecular flexibility index (Phi) is 7.84. The van der Waals surface area contributed by atoms with Gasteiger partial charge in [-0.25, -0.2) is 8.42 Å². The highest BCUT2D eigenvalue weighted by Gasteiger charge is 2.19. The second kappa shape index (κ2) is 11.0. The lowest BCUT2D eigenvalue weighted by atomic mass is 10.1. The first-order chi connectivity index (χ1) is 17.2. The van der Waals surface area contributed by atoms with Crippen LogP contribution in [0.3, 0.4) is 0 Å². The Morgan fingerprint density at radius 3 is 2.39 bits per heavy atom. The van der Waals surface area contributed by atoms with Crippen LogP contribution in [0.5, 0.6) is 11.5 Å². The van der Waals surface area contributed by atoms with Crippen LogP contribution in [0.25, 0.3) is 0 Å². The summed E-state index contributed by atoms with van der Waals surface area (Å²) in [5.41, 5.74) is 3.70. The third-order valence-electron chi connectivity index (χ3n) is 5.89. The number of rotatable bonds is 9. The Labute approximate surface area is 213 Å². The van der Waals surface area contributed by atoms with Crippen LogP contribution in [0.15, 0.2) is 71.6 Å². The van der Waals surface area contributed by atoms with Crippen LogP contribution in [0, 0.1) is 0 Å². The van der Waals surface area contributed by atoms with Crippen LogP contribution in [-0.2, 0) is 27.5 Å². The van der Waals surface area contributed by atoms with Gasteiger partial charge in [0, 0.05) is 24.6 Å². The van der Waals surface area contributed by atoms with Crippen molar-refractivity contribution in [2.45, 2.75) is 37.7 Å². The predicted molar refractivity (Wildman–Crippen MR) is 142 cm³/mol. The third kappa shape index (κ3) is 6.79. The Hall–Kier alpha value is -3.52. The molecule has 1 amide bonds. The van der Waals surface area contributed by atoms with Crippen LogP contribution in [0.1, 0.15) is 25.0 Å². The Morgan fingerprint density at radius 2 is 1.72 bits per heavy atom. The van der Waals surface area contributed by atoms with Crippen molar-refractivity contribution in [3.8, 4) is 11.5 Å². The lowest BCUT2D eigenvalue weighted by Gasteiger charge is -2.31. The van der Waals surface area contributed by atoms with E-state index in [-0.39, 0.29) is 23.3 Å². The van der Waals surface area contributed by atoms with Crippen LogP contribution in [0.4, 0.5) is 11.4 Å². The van der Waals surface area contributed by atoms with Crippen LogP contribution < -0.4 is 19.7 Å². The fraction of sp³-hybridized carbons (Fsp3) is 0.321. The molecule has 0 unspecified atom stereocenters. The number of carbonyl (C=O) groups is 1. The van der Waals surface area contributed by atoms with Gasteiger partial charge in [-0.1, -0.05) is 24.3 Å². The van der Waals surface area contributed by atoms with Gasteiger partial charge in [0.05, 0.1) is 29.7 Å². The molecule has 8 heteroatoms. The number of ether oxygens (including phenoxy) is 2. The first-order valence-electron chi connectivity index (χ1n) is 12.0. The molecule has 0 radical (unpaired) electrons. The molecule has 0 bridgehead atoms. The molecule has 0 aromatic heterocycles. The van der Waals surface area contributed by atoms with Gasteiger partial charge in [-0.3, -0.25) is 4.79 Å². The number of anilines is 2. The Bertz CT molecular complexity index is 1300. The minimum atomic E-state index is -3.25. The summed E-state index contributed by atoms with van der Waals surface area (Å²) in [7, 11) is -3.25. The van der Waals surface area contributed by atoms with Gasteiger partial charge in [0.2, 0.25) is 5.91 Å². The van der Waals surface area contributed by atoms with Gasteiger partial charge in [-0.15, -0.1) is 0 Å². The summed E-state index contributed by atoms with van der Waals surface area (Å²) >= 11 is 0. The average Bonchev–Trinajstić information content (AvgIpc) is 2.83. The molecule has 190 valence electrons. The summed E-state index contributed by atoms with van der Waals surface area (Å²) in [6.07, 6.45) is 2.30. The molecule has 4 rings (SSSR count). The summed E-state index contributed by atoms with van der Waals surface area (Å²) in [5, 5.41) is 2.90. The van der Waals surface area contributed by atoms with Crippen molar-refractivity contribution < 1.29 is 22.7 Å². The molecule has 1 N–H and O–H groups in total. The van der Waals surface area contributed by atoms with Gasteiger partial charge < -0.3 is 19.7 Å². The van der Waals surface area contributed by atoms with E-state index in [9.17, 15) is 13.2 Å². The molecule has 0 atom stereocenters. The third-order valence-corrected chi connectivity index (χ3v) is 7.01. The van der Waals surface area contributed by atoms with E-state index in [1.807, 2.05) is 56.3 Å². The molecule has 0 aliphatic carbocycles. The second-order valence-corrected chi connectivity index (χ2v) is 11.2. The molecule has 3 aromatic carbocycles. The van der Waals surface area contributed by atoms with Crippen molar-refractivity contribution in [3.63, 3.8) is 0 Å². The Morgan fingerprint density at radius 1 is 1.03 bits per heavy atom. The molecule has 0 fully saturated rings. The fourth-order valence-electron chi connectivity index (χ4n) is 4.09. The maximum atomic E-state index is 12.4. The van der Waals surface area contributed by atoms with Crippen LogP contribution in [0.2, 0.25) is 0 Å². The van der Waals surface area contributed by atoms with E-state index in [4.69, 9.17) is 9.47 Å². The number of hydrogen-bond acceptors (Lipinski definition) is 6. The van der Waals surface area contributed by atoms with E-state index in [0.717, 1.165) is 54.2 Å². The number of benzene rings is 3. The maximum Gasteiger partial charge on any atom is 0.228 e. The molecule has 1 aliphatic rings. The van der Waals surface area contributed by atoms with Crippen LogP contribution in [-0.4, -0.2) is 46.4 Å². The van der Waals surface area contributed by atoms with Gasteiger partial charge in [0.1, 0.15) is 18.1 Å². The quantitative estimate of drug-likeness (QED) is 0.458. The first-order valence-corrected chi connectivity index (χ1v) is 13.9. The maximum absolute atomic E-state index is 12.4. The van der Waals surface area contributed by atoms with Crippen molar-refractivity contribution in [1.82, 2.24) is 0 Å². The highest BCUT2D eigenvalue weighted by molar-refractivity contribution is 7.90. The number of amides is 1. The number of nitrogens with zero attached hydrogens (tertiary/aromatic N) is 1. The fourth-order valence-corrected chi connectivity index (χ4v) is 4.72. The summed E-state index contributed by atoms with van der Waals surface area (Å²) in [4.78, 5) is 15.0. The number of hydrogen-bond donors (Lipinski definition) is 1. The molecule has 7 nitrogen and oxygen atoms in total. The molecule has 0 saturated heterocycles. The standard InChI is InChI=1S/C28H32N2O5S/c1-20(2)35-24-10-13-27-26(19-24)30(16-17-34-27)15-14-21-4-8-23(9-5-21)29-28(31)18-22-6-11-25(12-7-22)36(3,32)33/h4-13,19-20H,14-18H2,1-3H3,(H,29,31). The molecule has 1 heterocycles. The van der Waals surface area contributed by atoms with Gasteiger partial charge in [0.25, 0.3) is 0 Å². The minimum absolute atomic E-state index is 0.112. The first kappa shape index (κ1) is 25.6. The molecule has 36 heavy (non-hydrogen) atoms. The molecular weight excluding hydrogens is 476 g/mol. The van der Waals surface area contributed by atoms with E-state index in [1.165, 1.54) is 17.7 Å². The number of sulfone groups is 1. The zero-order valence-electron chi connectivity index (χ0n) is 20.9. The van der Waals surface area contributed by atoms with Crippen molar-refractivity contribution in [3.05, 3.63) is 77.9 Å². The number of fused-ring (bicyclic) bond motifs is 1. The number of nitrogens with one attached hydrogen (secondary N) is 1. The van der Waals surface area contributed by atoms with Crippen molar-refractivity contribution >= 4 is 27.1 Å². The van der Waals surface area contributed by atoms with Gasteiger partial charge in [-0.2, -0.15) is 0 Å². The number of carbonyl (C=O) groups excluding carboxylic acids is 1. The smallest absolute Gasteiger partial charge is 0.228 e. The van der Waals surface area contributed by atoms with E-state index in [2.05, 4.69) is 10.2 Å². The van der Waals surface area contributed by atoms with Crippen molar-refractivity contribution in [1.29, 1.82) is 0 Å². The summed E-state index contributed by atoms with van der Waals surface area (Å²) in [6, 6.07) is 20.2. The van der Waals surface area contributed by atoms with E-state index >= 15 is 0 Å². The normalized spacial score (nSPS) is 13.2. The minimum Gasteiger partial charge on any atom is -0.491 e. The zero-order chi connectivity index (χ0) is 25.7. The predicted octanol–water partition coefficient (Wildman–Crippen LogP) is 4.50. The molecule has 0 saturated carbocycles. The van der Waals surface area contributed by atoms with E-state index in [1.54, 1.807) is 12.1 Å². The lowest BCUT2D eigenvalue weighted by molar-refractivity contribution is -0.115. The van der Waals surface area contributed by atoms with E-state index < -0.39 is 9.84 Å². The lowest BCUT2D eigenvalue weighted by Crippen LogP contribution is -2.34. The SMILES string of the molecule is CC(C)Oc1ccc2c(c1)N(CCc1ccc(NC(=O)Cc3ccc(S(C)(=O)=O)cc3)cc1)CCO2. The van der Waals surface area contributed by atoms with Crippen LogP contribution >= 0.6 is 0 Å².